The lowest BCUT2D eigenvalue weighted by molar-refractivity contribution is -0.141. The van der Waals surface area contributed by atoms with Crippen LogP contribution in [-0.4, -0.2) is 35.6 Å². The molecular weight excluding hydrogens is 395 g/mol. The first kappa shape index (κ1) is 21.4. The van der Waals surface area contributed by atoms with Crippen molar-refractivity contribution in [2.45, 2.75) is 32.9 Å². The van der Waals surface area contributed by atoms with Crippen LogP contribution in [0.1, 0.15) is 42.8 Å². The summed E-state index contributed by atoms with van der Waals surface area (Å²) in [5, 5.41) is 0.0426. The normalized spacial score (nSPS) is 14.7. The maximum absolute atomic E-state index is 13.6. The minimum atomic E-state index is -4.99. The monoisotopic (exact) mass is 412 g/mol. The lowest BCUT2D eigenvalue weighted by atomic mass is 9.95. The lowest BCUT2D eigenvalue weighted by Crippen LogP contribution is -2.22. The third-order valence-corrected chi connectivity index (χ3v) is 4.51. The summed E-state index contributed by atoms with van der Waals surface area (Å²) in [6, 6.07) is 0. The topological polar surface area (TPSA) is 60.8 Å². The van der Waals surface area contributed by atoms with E-state index in [1.165, 1.54) is 0 Å². The third-order valence-electron chi connectivity index (χ3n) is 3.52. The molecule has 2 rings (SSSR count). The van der Waals surface area contributed by atoms with Crippen LogP contribution in [0.3, 0.4) is 0 Å². The summed E-state index contributed by atoms with van der Waals surface area (Å²) in [5.41, 5.74) is -3.31. The van der Waals surface area contributed by atoms with E-state index < -0.39 is 41.5 Å². The molecule has 0 fully saturated rings. The fraction of sp³-hybridized carbons (Fsp3) is 0.562. The first-order valence-electron chi connectivity index (χ1n) is 7.91. The van der Waals surface area contributed by atoms with E-state index in [4.69, 9.17) is 4.74 Å². The lowest BCUT2D eigenvalue weighted by Gasteiger charge is -2.22. The van der Waals surface area contributed by atoms with Gasteiger partial charge in [0.25, 0.3) is 6.43 Å². The van der Waals surface area contributed by atoms with E-state index in [-0.39, 0.29) is 22.9 Å². The van der Waals surface area contributed by atoms with Gasteiger partial charge in [0.1, 0.15) is 5.04 Å². The van der Waals surface area contributed by atoms with Crippen LogP contribution in [0.5, 0.6) is 5.75 Å². The third kappa shape index (κ3) is 4.88. The Labute approximate surface area is 156 Å². The molecule has 0 atom stereocenters. The number of thioether (sulfide) groups is 1. The van der Waals surface area contributed by atoms with E-state index in [2.05, 4.69) is 14.7 Å². The van der Waals surface area contributed by atoms with E-state index in [1.807, 2.05) is 0 Å². The number of pyridine rings is 1. The van der Waals surface area contributed by atoms with Crippen LogP contribution in [0.25, 0.3) is 0 Å². The molecule has 27 heavy (non-hydrogen) atoms. The molecule has 0 aliphatic carbocycles. The maximum atomic E-state index is 13.6. The van der Waals surface area contributed by atoms with Gasteiger partial charge < -0.3 is 9.47 Å². The fourth-order valence-electron chi connectivity index (χ4n) is 2.55. The summed E-state index contributed by atoms with van der Waals surface area (Å²) in [6.07, 6.45) is -9.74. The molecule has 11 heteroatoms. The Kier molecular flexibility index (Phi) is 6.66. The molecule has 0 aromatic carbocycles. The predicted molar refractivity (Wildman–Crippen MR) is 89.6 cm³/mol. The smallest absolute Gasteiger partial charge is 0.437 e. The summed E-state index contributed by atoms with van der Waals surface area (Å²) in [6.45, 7) is 3.69. The van der Waals surface area contributed by atoms with Crippen molar-refractivity contribution in [3.05, 3.63) is 22.5 Å². The number of methoxy groups -OCH3 is 1. The Hall–Kier alpha value is -1.91. The number of ether oxygens (including phenoxy) is 2. The molecule has 5 nitrogen and oxygen atoms in total. The Morgan fingerprint density at radius 2 is 1.96 bits per heavy atom. The standard InChI is InChI=1S/C16H17F5N2O3S/c1-7(2)6-8-9(14-22-4-5-27-14)12(16(19,20)21)23-10(13(17)18)11(8)26-15(24)25-3/h7,13H,4-6H2,1-3H3. The van der Waals surface area contributed by atoms with Gasteiger partial charge in [-0.2, -0.15) is 13.2 Å². The molecule has 1 aliphatic heterocycles. The van der Waals surface area contributed by atoms with Gasteiger partial charge >= 0.3 is 12.3 Å². The van der Waals surface area contributed by atoms with Crippen molar-refractivity contribution < 1.29 is 36.2 Å². The molecule has 1 aromatic rings. The molecule has 0 unspecified atom stereocenters. The van der Waals surface area contributed by atoms with Gasteiger partial charge in [0.05, 0.1) is 7.11 Å². The zero-order valence-corrected chi connectivity index (χ0v) is 15.5. The van der Waals surface area contributed by atoms with Gasteiger partial charge in [-0.3, -0.25) is 4.99 Å². The van der Waals surface area contributed by atoms with Crippen molar-refractivity contribution in [3.63, 3.8) is 0 Å². The molecule has 0 radical (unpaired) electrons. The van der Waals surface area contributed by atoms with Crippen molar-refractivity contribution in [2.75, 3.05) is 19.4 Å². The van der Waals surface area contributed by atoms with Gasteiger partial charge in [-0.15, -0.1) is 11.8 Å². The Balaban J connectivity index is 2.87. The highest BCUT2D eigenvalue weighted by Gasteiger charge is 2.42. The Bertz CT molecular complexity index is 751. The van der Waals surface area contributed by atoms with Crippen LogP contribution in [0.15, 0.2) is 4.99 Å². The summed E-state index contributed by atoms with van der Waals surface area (Å²) in [5.74, 6) is -0.467. The quantitative estimate of drug-likeness (QED) is 0.510. The molecule has 0 saturated heterocycles. The van der Waals surface area contributed by atoms with Crippen molar-refractivity contribution in [3.8, 4) is 5.75 Å². The van der Waals surface area contributed by atoms with E-state index in [0.717, 1.165) is 18.9 Å². The van der Waals surface area contributed by atoms with E-state index in [9.17, 15) is 26.7 Å². The van der Waals surface area contributed by atoms with Crippen LogP contribution in [0.4, 0.5) is 26.7 Å². The molecule has 1 aromatic heterocycles. The highest BCUT2D eigenvalue weighted by atomic mass is 32.2. The van der Waals surface area contributed by atoms with Gasteiger partial charge in [-0.1, -0.05) is 13.8 Å². The minimum Gasteiger partial charge on any atom is -0.437 e. The first-order valence-corrected chi connectivity index (χ1v) is 8.90. The van der Waals surface area contributed by atoms with Crippen LogP contribution >= 0.6 is 11.8 Å². The predicted octanol–water partition coefficient (Wildman–Crippen LogP) is 4.88. The number of aliphatic imine (C=N–C) groups is 1. The van der Waals surface area contributed by atoms with E-state index in [0.29, 0.717) is 12.3 Å². The molecule has 0 bridgehead atoms. The van der Waals surface area contributed by atoms with Crippen LogP contribution < -0.4 is 4.74 Å². The molecule has 0 N–H and O–H groups in total. The summed E-state index contributed by atoms with van der Waals surface area (Å²) in [7, 11) is 0.960. The van der Waals surface area contributed by atoms with Crippen molar-refractivity contribution in [1.29, 1.82) is 0 Å². The second kappa shape index (κ2) is 8.41. The largest absolute Gasteiger partial charge is 0.513 e. The highest BCUT2D eigenvalue weighted by molar-refractivity contribution is 8.14. The number of aromatic nitrogens is 1. The second-order valence-corrected chi connectivity index (χ2v) is 7.10. The molecular formula is C16H17F5N2O3S. The summed E-state index contributed by atoms with van der Waals surface area (Å²) in [4.78, 5) is 18.7. The zero-order chi connectivity index (χ0) is 20.4. The number of nitrogens with zero attached hydrogens (tertiary/aromatic N) is 2. The average molecular weight is 412 g/mol. The van der Waals surface area contributed by atoms with Crippen molar-refractivity contribution in [1.82, 2.24) is 4.98 Å². The number of rotatable bonds is 5. The van der Waals surface area contributed by atoms with E-state index in [1.54, 1.807) is 13.8 Å². The number of halogens is 5. The molecule has 0 amide bonds. The van der Waals surface area contributed by atoms with Gasteiger partial charge in [0.15, 0.2) is 17.1 Å². The van der Waals surface area contributed by atoms with Gasteiger partial charge in [0, 0.05) is 23.4 Å². The zero-order valence-electron chi connectivity index (χ0n) is 14.7. The molecule has 2 heterocycles. The van der Waals surface area contributed by atoms with Crippen molar-refractivity contribution >= 4 is 23.0 Å². The fourth-order valence-corrected chi connectivity index (χ4v) is 3.47. The average Bonchev–Trinajstić information content (AvgIpc) is 3.07. The summed E-state index contributed by atoms with van der Waals surface area (Å²) >= 11 is 1.07. The number of hydrogen-bond donors (Lipinski definition) is 0. The van der Waals surface area contributed by atoms with Gasteiger partial charge in [-0.25, -0.2) is 18.6 Å². The molecule has 0 spiro atoms. The molecule has 1 aliphatic rings. The van der Waals surface area contributed by atoms with Gasteiger partial charge in [0.2, 0.25) is 0 Å². The van der Waals surface area contributed by atoms with Crippen LogP contribution in [0.2, 0.25) is 0 Å². The van der Waals surface area contributed by atoms with E-state index >= 15 is 0 Å². The van der Waals surface area contributed by atoms with Gasteiger partial charge in [-0.05, 0) is 12.3 Å². The van der Waals surface area contributed by atoms with Crippen LogP contribution in [-0.2, 0) is 17.3 Å². The number of carbonyl (C=O) groups excluding carboxylic acids is 1. The maximum Gasteiger partial charge on any atom is 0.513 e. The van der Waals surface area contributed by atoms with Crippen molar-refractivity contribution in [2.24, 2.45) is 10.9 Å². The molecule has 150 valence electrons. The SMILES string of the molecule is COC(=O)Oc1c(C(F)F)nc(C(F)(F)F)c(C2=NCCS2)c1CC(C)C. The number of hydrogen-bond acceptors (Lipinski definition) is 6. The number of alkyl halides is 5. The number of carbonyl (C=O) groups is 1. The first-order chi connectivity index (χ1) is 12.6. The minimum absolute atomic E-state index is 0.0426. The second-order valence-electron chi connectivity index (χ2n) is 6.02. The summed E-state index contributed by atoms with van der Waals surface area (Å²) < 4.78 is 77.0. The Morgan fingerprint density at radius 3 is 2.41 bits per heavy atom. The highest BCUT2D eigenvalue weighted by Crippen LogP contribution is 2.43. The molecule has 0 saturated carbocycles. The Morgan fingerprint density at radius 1 is 1.30 bits per heavy atom. The van der Waals surface area contributed by atoms with Crippen LogP contribution in [0, 0.1) is 5.92 Å².